The molecule has 3 rings (SSSR count). The third kappa shape index (κ3) is 2.80. The molecule has 0 aromatic heterocycles. The van der Waals surface area contributed by atoms with E-state index in [-0.39, 0.29) is 17.2 Å². The van der Waals surface area contributed by atoms with Crippen LogP contribution < -0.4 is 5.32 Å². The van der Waals surface area contributed by atoms with Gasteiger partial charge in [-0.2, -0.15) is 14.3 Å². The van der Waals surface area contributed by atoms with Gasteiger partial charge in [0.2, 0.25) is 0 Å². The number of ether oxygens (including phenoxy) is 1. The molecule has 0 saturated carbocycles. The SMILES string of the molecule is CN1C(=O)C2C=C(NC(=O)c3ccc(F)cc3)C(=O)OC2=[N+](C)C1=O. The zero-order valence-electron chi connectivity index (χ0n) is 13.3. The van der Waals surface area contributed by atoms with Gasteiger partial charge < -0.3 is 10.1 Å². The van der Waals surface area contributed by atoms with Crippen LogP contribution in [0.25, 0.3) is 0 Å². The van der Waals surface area contributed by atoms with E-state index in [1.165, 1.54) is 32.3 Å². The molecule has 9 heteroatoms. The van der Waals surface area contributed by atoms with Gasteiger partial charge in [-0.15, -0.1) is 0 Å². The molecule has 25 heavy (non-hydrogen) atoms. The molecule has 0 spiro atoms. The Bertz CT molecular complexity index is 872. The first-order chi connectivity index (χ1) is 11.8. The quantitative estimate of drug-likeness (QED) is 0.612. The van der Waals surface area contributed by atoms with Crippen LogP contribution in [0.4, 0.5) is 9.18 Å². The molecule has 1 unspecified atom stereocenters. The molecular formula is C16H13FN3O5+. The van der Waals surface area contributed by atoms with Gasteiger partial charge in [0.05, 0.1) is 14.1 Å². The number of hydrogen-bond acceptors (Lipinski definition) is 5. The van der Waals surface area contributed by atoms with Crippen LogP contribution in [0.5, 0.6) is 0 Å². The summed E-state index contributed by atoms with van der Waals surface area (Å²) >= 11 is 0. The molecule has 4 amide bonds. The van der Waals surface area contributed by atoms with Crippen LogP contribution in [0.3, 0.4) is 0 Å². The number of hydrogen-bond donors (Lipinski definition) is 1. The van der Waals surface area contributed by atoms with Crippen LogP contribution in [-0.2, 0) is 14.3 Å². The van der Waals surface area contributed by atoms with Crippen LogP contribution in [0, 0.1) is 11.7 Å². The number of urea groups is 1. The Hall–Kier alpha value is -3.36. The van der Waals surface area contributed by atoms with Crippen molar-refractivity contribution in [2.45, 2.75) is 0 Å². The maximum Gasteiger partial charge on any atom is 0.502 e. The lowest BCUT2D eigenvalue weighted by atomic mass is 10.0. The lowest BCUT2D eigenvalue weighted by molar-refractivity contribution is -0.416. The maximum absolute atomic E-state index is 12.9. The Kier molecular flexibility index (Phi) is 3.91. The summed E-state index contributed by atoms with van der Waals surface area (Å²) in [6, 6.07) is 4.09. The second kappa shape index (κ2) is 5.93. The third-order valence-corrected chi connectivity index (χ3v) is 3.87. The van der Waals surface area contributed by atoms with Crippen molar-refractivity contribution >= 4 is 29.7 Å². The van der Waals surface area contributed by atoms with Gasteiger partial charge in [0, 0.05) is 5.56 Å². The summed E-state index contributed by atoms with van der Waals surface area (Å²) in [5, 5.41) is 2.34. The Morgan fingerprint density at radius 1 is 1.24 bits per heavy atom. The van der Waals surface area contributed by atoms with Crippen molar-refractivity contribution < 1.29 is 32.9 Å². The van der Waals surface area contributed by atoms with Crippen molar-refractivity contribution in [1.82, 2.24) is 10.2 Å². The summed E-state index contributed by atoms with van der Waals surface area (Å²) in [5.41, 5.74) is -0.100. The van der Waals surface area contributed by atoms with E-state index in [4.69, 9.17) is 4.74 Å². The fourth-order valence-electron chi connectivity index (χ4n) is 2.48. The summed E-state index contributed by atoms with van der Waals surface area (Å²) < 4.78 is 19.0. The van der Waals surface area contributed by atoms with Crippen molar-refractivity contribution in [3.63, 3.8) is 0 Å². The molecule has 8 nitrogen and oxygen atoms in total. The molecular weight excluding hydrogens is 333 g/mol. The number of halogens is 1. The Morgan fingerprint density at radius 2 is 1.88 bits per heavy atom. The summed E-state index contributed by atoms with van der Waals surface area (Å²) in [6.45, 7) is 0. The third-order valence-electron chi connectivity index (χ3n) is 3.87. The van der Waals surface area contributed by atoms with E-state index >= 15 is 0 Å². The number of imide groups is 1. The van der Waals surface area contributed by atoms with E-state index in [1.54, 1.807) is 0 Å². The molecule has 1 aromatic carbocycles. The number of benzene rings is 1. The molecule has 0 saturated heterocycles. The number of esters is 1. The van der Waals surface area contributed by atoms with Crippen LogP contribution >= 0.6 is 0 Å². The predicted octanol–water partition coefficient (Wildman–Crippen LogP) is 0.245. The Labute approximate surface area is 141 Å². The van der Waals surface area contributed by atoms with E-state index in [9.17, 15) is 23.6 Å². The topological polar surface area (TPSA) is 95.8 Å². The van der Waals surface area contributed by atoms with Crippen LogP contribution in [0.15, 0.2) is 36.0 Å². The van der Waals surface area contributed by atoms with E-state index in [1.807, 2.05) is 0 Å². The van der Waals surface area contributed by atoms with Gasteiger partial charge in [-0.1, -0.05) is 0 Å². The highest BCUT2D eigenvalue weighted by atomic mass is 19.1. The van der Waals surface area contributed by atoms with E-state index in [0.29, 0.717) is 0 Å². The summed E-state index contributed by atoms with van der Waals surface area (Å²) in [5.74, 6) is -3.77. The van der Waals surface area contributed by atoms with Crippen molar-refractivity contribution in [3.8, 4) is 0 Å². The highest BCUT2D eigenvalue weighted by molar-refractivity contribution is 6.16. The minimum atomic E-state index is -1.01. The molecule has 0 bridgehead atoms. The number of carbonyl (C=O) groups excluding carboxylic acids is 4. The fourth-order valence-corrected chi connectivity index (χ4v) is 2.48. The first-order valence-electron chi connectivity index (χ1n) is 7.22. The number of amides is 4. The van der Waals surface area contributed by atoms with Crippen LogP contribution in [-0.4, -0.2) is 53.3 Å². The van der Waals surface area contributed by atoms with E-state index in [2.05, 4.69) is 5.32 Å². The molecule has 0 aliphatic carbocycles. The van der Waals surface area contributed by atoms with Crippen molar-refractivity contribution in [2.24, 2.45) is 5.92 Å². The minimum absolute atomic E-state index is 0.113. The van der Waals surface area contributed by atoms with Crippen molar-refractivity contribution in [2.75, 3.05) is 14.1 Å². The number of nitrogens with zero attached hydrogens (tertiary/aromatic N) is 2. The number of rotatable bonds is 2. The summed E-state index contributed by atoms with van der Waals surface area (Å²) in [6.07, 6.45) is 1.23. The van der Waals surface area contributed by atoms with E-state index in [0.717, 1.165) is 21.6 Å². The number of fused-ring (bicyclic) bond motifs is 1. The van der Waals surface area contributed by atoms with Gasteiger partial charge in [-0.3, -0.25) is 4.79 Å². The molecule has 0 fully saturated rings. The first kappa shape index (κ1) is 16.5. The number of nitrogens with one attached hydrogen (secondary N) is 1. The standard InChI is InChI=1S/C16H12FN3O5/c1-19-13(22)10-7-11(15(23)25-14(10)20(2)16(19)24)18-12(21)8-3-5-9(17)6-4-8/h3-7,10H,1-2H3/p+1. The molecule has 1 aromatic rings. The highest BCUT2D eigenvalue weighted by Crippen LogP contribution is 2.21. The van der Waals surface area contributed by atoms with E-state index < -0.39 is 35.5 Å². The summed E-state index contributed by atoms with van der Waals surface area (Å²) in [4.78, 5) is 49.2. The molecule has 2 aliphatic rings. The largest absolute Gasteiger partial charge is 0.502 e. The lowest BCUT2D eigenvalue weighted by Crippen LogP contribution is -2.54. The van der Waals surface area contributed by atoms with Gasteiger partial charge in [-0.05, 0) is 30.3 Å². The lowest BCUT2D eigenvalue weighted by Gasteiger charge is -2.26. The molecule has 128 valence electrons. The van der Waals surface area contributed by atoms with Crippen LogP contribution in [0.2, 0.25) is 0 Å². The Balaban J connectivity index is 1.90. The predicted molar refractivity (Wildman–Crippen MR) is 80.9 cm³/mol. The monoisotopic (exact) mass is 346 g/mol. The molecule has 1 atom stereocenters. The Morgan fingerprint density at radius 3 is 2.52 bits per heavy atom. The van der Waals surface area contributed by atoms with Crippen LogP contribution in [0.1, 0.15) is 10.4 Å². The van der Waals surface area contributed by atoms with Gasteiger partial charge in [0.25, 0.3) is 11.8 Å². The minimum Gasteiger partial charge on any atom is -0.387 e. The summed E-state index contributed by atoms with van der Waals surface area (Å²) in [7, 11) is 2.68. The normalized spacial score (nSPS) is 20.1. The highest BCUT2D eigenvalue weighted by Gasteiger charge is 2.49. The zero-order valence-corrected chi connectivity index (χ0v) is 13.3. The molecule has 2 aliphatic heterocycles. The zero-order chi connectivity index (χ0) is 18.3. The van der Waals surface area contributed by atoms with Gasteiger partial charge in [-0.25, -0.2) is 14.0 Å². The van der Waals surface area contributed by atoms with Gasteiger partial charge >= 0.3 is 17.9 Å². The molecule has 2 heterocycles. The smallest absolute Gasteiger partial charge is 0.387 e. The number of carbonyl (C=O) groups is 4. The molecule has 1 N–H and O–H groups in total. The maximum atomic E-state index is 12.9. The second-order valence-corrected chi connectivity index (χ2v) is 5.49. The average Bonchev–Trinajstić information content (AvgIpc) is 2.60. The molecule has 0 radical (unpaired) electrons. The van der Waals surface area contributed by atoms with Gasteiger partial charge in [0.1, 0.15) is 11.5 Å². The fraction of sp³-hybridized carbons (Fsp3) is 0.188. The van der Waals surface area contributed by atoms with Crippen molar-refractivity contribution in [1.29, 1.82) is 0 Å². The average molecular weight is 346 g/mol. The first-order valence-corrected chi connectivity index (χ1v) is 7.22. The second-order valence-electron chi connectivity index (χ2n) is 5.49. The van der Waals surface area contributed by atoms with Crippen molar-refractivity contribution in [3.05, 3.63) is 47.4 Å². The van der Waals surface area contributed by atoms with Gasteiger partial charge in [0.15, 0.2) is 5.92 Å².